The largest absolute Gasteiger partial charge is 0.420 e. The van der Waals surface area contributed by atoms with Crippen LogP contribution < -0.4 is 10.7 Å². The summed E-state index contributed by atoms with van der Waals surface area (Å²) in [4.78, 5) is 28.8. The number of oxazole rings is 1. The highest BCUT2D eigenvalue weighted by atomic mass is 19.1. The minimum atomic E-state index is -0.666. The lowest BCUT2D eigenvalue weighted by molar-refractivity contribution is -0.134. The van der Waals surface area contributed by atoms with Crippen molar-refractivity contribution < 1.29 is 13.6 Å². The third-order valence-corrected chi connectivity index (χ3v) is 5.05. The lowest BCUT2D eigenvalue weighted by Gasteiger charge is -2.37. The van der Waals surface area contributed by atoms with E-state index in [1.54, 1.807) is 54.3 Å². The van der Waals surface area contributed by atoms with Crippen molar-refractivity contribution >= 4 is 22.7 Å². The molecule has 27 heavy (non-hydrogen) atoms. The molecular weight excluding hydrogens is 349 g/mol. The normalized spacial score (nSPS) is 15.9. The second-order valence-corrected chi connectivity index (χ2v) is 6.65. The smallest absolute Gasteiger partial charge is 0.408 e. The number of halogens is 1. The number of piperazine rings is 1. The van der Waals surface area contributed by atoms with Crippen LogP contribution in [0.5, 0.6) is 0 Å². The Morgan fingerprint density at radius 3 is 2.44 bits per heavy atom. The van der Waals surface area contributed by atoms with Gasteiger partial charge in [-0.1, -0.05) is 24.3 Å². The molecule has 1 fully saturated rings. The van der Waals surface area contributed by atoms with Crippen LogP contribution in [0, 0.1) is 5.82 Å². The summed E-state index contributed by atoms with van der Waals surface area (Å²) >= 11 is 0. The number of para-hydroxylation sites is 3. The lowest BCUT2D eigenvalue weighted by atomic mass is 10.2. The first-order valence-electron chi connectivity index (χ1n) is 8.94. The van der Waals surface area contributed by atoms with Gasteiger partial charge in [0.1, 0.15) is 11.9 Å². The Morgan fingerprint density at radius 2 is 1.70 bits per heavy atom. The van der Waals surface area contributed by atoms with Crippen molar-refractivity contribution in [1.82, 2.24) is 9.47 Å². The number of anilines is 1. The van der Waals surface area contributed by atoms with Gasteiger partial charge >= 0.3 is 5.76 Å². The van der Waals surface area contributed by atoms with Crippen molar-refractivity contribution in [1.29, 1.82) is 0 Å². The maximum Gasteiger partial charge on any atom is 0.420 e. The average Bonchev–Trinajstić information content (AvgIpc) is 3.03. The zero-order chi connectivity index (χ0) is 19.0. The number of rotatable bonds is 3. The predicted molar refractivity (Wildman–Crippen MR) is 100 cm³/mol. The van der Waals surface area contributed by atoms with Gasteiger partial charge < -0.3 is 14.2 Å². The first-order chi connectivity index (χ1) is 13.1. The molecule has 2 heterocycles. The standard InChI is InChI=1S/C20H20FN3O3/c1-14(24-17-8-4-5-9-18(17)27-20(24)26)19(25)23-12-10-22(11-13-23)16-7-3-2-6-15(16)21/h2-9,14H,10-13H2,1H3. The third-order valence-electron chi connectivity index (χ3n) is 5.05. The van der Waals surface area contributed by atoms with Gasteiger partial charge in [0.05, 0.1) is 11.2 Å². The van der Waals surface area contributed by atoms with Crippen molar-refractivity contribution in [2.75, 3.05) is 31.1 Å². The molecule has 1 amide bonds. The molecule has 1 saturated heterocycles. The van der Waals surface area contributed by atoms with Crippen LogP contribution in [0.1, 0.15) is 13.0 Å². The van der Waals surface area contributed by atoms with Crippen molar-refractivity contribution in [3.63, 3.8) is 0 Å². The van der Waals surface area contributed by atoms with Gasteiger partial charge in [-0.05, 0) is 31.2 Å². The molecule has 0 spiro atoms. The van der Waals surface area contributed by atoms with Crippen molar-refractivity contribution in [3.8, 4) is 0 Å². The molecule has 0 bridgehead atoms. The number of fused-ring (bicyclic) bond motifs is 1. The van der Waals surface area contributed by atoms with Crippen molar-refractivity contribution in [2.24, 2.45) is 0 Å². The number of hydrogen-bond acceptors (Lipinski definition) is 4. The van der Waals surface area contributed by atoms with Gasteiger partial charge in [0.25, 0.3) is 0 Å². The van der Waals surface area contributed by atoms with Gasteiger partial charge in [-0.25, -0.2) is 9.18 Å². The summed E-state index contributed by atoms with van der Waals surface area (Å²) < 4.78 is 20.6. The van der Waals surface area contributed by atoms with E-state index in [1.807, 2.05) is 4.90 Å². The molecule has 0 radical (unpaired) electrons. The number of benzene rings is 2. The summed E-state index contributed by atoms with van der Waals surface area (Å²) in [5.41, 5.74) is 1.62. The number of amides is 1. The van der Waals surface area contributed by atoms with E-state index < -0.39 is 11.8 Å². The van der Waals surface area contributed by atoms with Crippen molar-refractivity contribution in [2.45, 2.75) is 13.0 Å². The highest BCUT2D eigenvalue weighted by Crippen LogP contribution is 2.22. The molecule has 6 nitrogen and oxygen atoms in total. The van der Waals surface area contributed by atoms with E-state index in [0.717, 1.165) is 0 Å². The molecular formula is C20H20FN3O3. The van der Waals surface area contributed by atoms with E-state index in [-0.39, 0.29) is 11.7 Å². The van der Waals surface area contributed by atoms with Crippen LogP contribution in [0.15, 0.2) is 57.7 Å². The van der Waals surface area contributed by atoms with Gasteiger partial charge in [0.2, 0.25) is 5.91 Å². The minimum absolute atomic E-state index is 0.142. The van der Waals surface area contributed by atoms with Crippen LogP contribution in [0.3, 0.4) is 0 Å². The zero-order valence-electron chi connectivity index (χ0n) is 15.0. The summed E-state index contributed by atoms with van der Waals surface area (Å²) in [6.07, 6.45) is 0. The van der Waals surface area contributed by atoms with Gasteiger partial charge in [-0.2, -0.15) is 0 Å². The fraction of sp³-hybridized carbons (Fsp3) is 0.300. The monoisotopic (exact) mass is 369 g/mol. The predicted octanol–water partition coefficient (Wildman–Crippen LogP) is 2.64. The molecule has 3 aromatic rings. The lowest BCUT2D eigenvalue weighted by Crippen LogP contribution is -2.51. The number of carbonyl (C=O) groups is 1. The first kappa shape index (κ1) is 17.3. The second kappa shape index (κ2) is 6.90. The van der Waals surface area contributed by atoms with Crippen molar-refractivity contribution in [3.05, 3.63) is 64.9 Å². The van der Waals surface area contributed by atoms with E-state index >= 15 is 0 Å². The Morgan fingerprint density at radius 1 is 1.04 bits per heavy atom. The van der Waals surface area contributed by atoms with Crippen LogP contribution in [-0.4, -0.2) is 41.6 Å². The Kier molecular flexibility index (Phi) is 4.43. The highest BCUT2D eigenvalue weighted by Gasteiger charge is 2.29. The summed E-state index contributed by atoms with van der Waals surface area (Å²) in [6.45, 7) is 3.74. The highest BCUT2D eigenvalue weighted by molar-refractivity contribution is 5.83. The van der Waals surface area contributed by atoms with Crippen LogP contribution in [-0.2, 0) is 4.79 Å². The fourth-order valence-electron chi connectivity index (χ4n) is 3.60. The number of aromatic nitrogens is 1. The van der Waals surface area contributed by atoms with Gasteiger partial charge in [-0.3, -0.25) is 9.36 Å². The molecule has 0 aliphatic carbocycles. The molecule has 1 unspecified atom stereocenters. The Hall–Kier alpha value is -3.09. The minimum Gasteiger partial charge on any atom is -0.408 e. The Bertz CT molecular complexity index is 1030. The summed E-state index contributed by atoms with van der Waals surface area (Å²) in [5, 5.41) is 0. The first-order valence-corrected chi connectivity index (χ1v) is 8.94. The zero-order valence-corrected chi connectivity index (χ0v) is 15.0. The Balaban J connectivity index is 1.50. The van der Waals surface area contributed by atoms with E-state index in [2.05, 4.69) is 0 Å². The molecule has 140 valence electrons. The SMILES string of the molecule is CC(C(=O)N1CCN(c2ccccc2F)CC1)n1c(=O)oc2ccccc21. The van der Waals surface area contributed by atoms with E-state index in [1.165, 1.54) is 10.6 Å². The second-order valence-electron chi connectivity index (χ2n) is 6.65. The van der Waals surface area contributed by atoms with Crippen LogP contribution >= 0.6 is 0 Å². The summed E-state index contributed by atoms with van der Waals surface area (Å²) in [6, 6.07) is 13.0. The van der Waals surface area contributed by atoms with Crippen LogP contribution in [0.2, 0.25) is 0 Å². The summed E-state index contributed by atoms with van der Waals surface area (Å²) in [7, 11) is 0. The van der Waals surface area contributed by atoms with Gasteiger partial charge in [-0.15, -0.1) is 0 Å². The molecule has 7 heteroatoms. The molecule has 4 rings (SSSR count). The number of hydrogen-bond donors (Lipinski definition) is 0. The molecule has 0 saturated carbocycles. The van der Waals surface area contributed by atoms with Gasteiger partial charge in [0.15, 0.2) is 5.58 Å². The Labute approximate surface area is 155 Å². The third kappa shape index (κ3) is 3.09. The molecule has 2 aromatic carbocycles. The van der Waals surface area contributed by atoms with Crippen LogP contribution in [0.25, 0.3) is 11.1 Å². The number of carbonyl (C=O) groups excluding carboxylic acids is 1. The van der Waals surface area contributed by atoms with Crippen LogP contribution in [0.4, 0.5) is 10.1 Å². The number of nitrogens with zero attached hydrogens (tertiary/aromatic N) is 3. The van der Waals surface area contributed by atoms with Gasteiger partial charge in [0, 0.05) is 26.2 Å². The average molecular weight is 369 g/mol. The van der Waals surface area contributed by atoms with E-state index in [0.29, 0.717) is 43.0 Å². The quantitative estimate of drug-likeness (QED) is 0.712. The topological polar surface area (TPSA) is 58.7 Å². The van der Waals surface area contributed by atoms with E-state index in [4.69, 9.17) is 4.42 Å². The summed E-state index contributed by atoms with van der Waals surface area (Å²) in [5.74, 6) is -0.944. The van der Waals surface area contributed by atoms with E-state index in [9.17, 15) is 14.0 Å². The maximum atomic E-state index is 14.0. The molecule has 1 aliphatic rings. The molecule has 1 aromatic heterocycles. The molecule has 0 N–H and O–H groups in total. The fourth-order valence-corrected chi connectivity index (χ4v) is 3.60. The molecule has 1 atom stereocenters. The maximum absolute atomic E-state index is 14.0. The molecule has 1 aliphatic heterocycles.